The fraction of sp³-hybridized carbons (Fsp3) is 0.292. The van der Waals surface area contributed by atoms with Gasteiger partial charge in [0.25, 0.3) is 0 Å². The van der Waals surface area contributed by atoms with E-state index in [9.17, 15) is 9.18 Å². The van der Waals surface area contributed by atoms with Gasteiger partial charge < -0.3 is 18.6 Å². The second kappa shape index (κ2) is 7.74. The standard InChI is InChI=1S/C24H22FNO5/c1-26-10-9-15-11-21-23(30-13-29-21)24(28-2)22(15)17(26)12-18(27)20-8-7-19(31-20)14-3-5-16(25)6-4-14/h3-8,11,17H,9-10,12-13H2,1-2H3/t17-/m0/s1. The molecule has 0 aliphatic carbocycles. The van der Waals surface area contributed by atoms with Crippen molar-refractivity contribution in [2.24, 2.45) is 0 Å². The minimum absolute atomic E-state index is 0.113. The molecule has 0 spiro atoms. The summed E-state index contributed by atoms with van der Waals surface area (Å²) in [5.41, 5.74) is 2.78. The highest BCUT2D eigenvalue weighted by Crippen LogP contribution is 2.50. The molecule has 2 aromatic carbocycles. The molecule has 0 saturated carbocycles. The molecule has 0 bridgehead atoms. The molecule has 3 heterocycles. The van der Waals surface area contributed by atoms with Crippen LogP contribution in [0.5, 0.6) is 17.2 Å². The number of carbonyl (C=O) groups is 1. The lowest BCUT2D eigenvalue weighted by atomic mass is 9.88. The van der Waals surface area contributed by atoms with E-state index in [-0.39, 0.29) is 36.6 Å². The van der Waals surface area contributed by atoms with Crippen LogP contribution in [0.3, 0.4) is 0 Å². The minimum Gasteiger partial charge on any atom is -0.492 e. The largest absolute Gasteiger partial charge is 0.492 e. The van der Waals surface area contributed by atoms with Crippen molar-refractivity contribution in [2.75, 3.05) is 27.5 Å². The predicted molar refractivity (Wildman–Crippen MR) is 111 cm³/mol. The van der Waals surface area contributed by atoms with E-state index in [1.54, 1.807) is 31.4 Å². The molecule has 5 rings (SSSR count). The maximum absolute atomic E-state index is 13.2. The third kappa shape index (κ3) is 3.45. The van der Waals surface area contributed by atoms with Gasteiger partial charge in [-0.3, -0.25) is 9.69 Å². The van der Waals surface area contributed by atoms with E-state index in [4.69, 9.17) is 18.6 Å². The molecule has 2 aliphatic rings. The smallest absolute Gasteiger partial charge is 0.231 e. The first kappa shape index (κ1) is 19.6. The lowest BCUT2D eigenvalue weighted by Crippen LogP contribution is -2.34. The van der Waals surface area contributed by atoms with E-state index in [1.165, 1.54) is 12.1 Å². The Hall–Kier alpha value is -3.32. The molecule has 0 saturated heterocycles. The number of hydrogen-bond donors (Lipinski definition) is 0. The van der Waals surface area contributed by atoms with Crippen molar-refractivity contribution in [1.29, 1.82) is 0 Å². The molecule has 160 valence electrons. The van der Waals surface area contributed by atoms with Crippen LogP contribution in [0, 0.1) is 5.82 Å². The molecular weight excluding hydrogens is 401 g/mol. The molecule has 1 aromatic heterocycles. The maximum atomic E-state index is 13.2. The molecule has 0 amide bonds. The van der Waals surface area contributed by atoms with Crippen LogP contribution in [0.25, 0.3) is 11.3 Å². The van der Waals surface area contributed by atoms with Gasteiger partial charge in [-0.25, -0.2) is 4.39 Å². The summed E-state index contributed by atoms with van der Waals surface area (Å²) in [6.45, 7) is 0.972. The van der Waals surface area contributed by atoms with E-state index in [0.29, 0.717) is 23.0 Å². The van der Waals surface area contributed by atoms with E-state index in [1.807, 2.05) is 13.1 Å². The summed E-state index contributed by atoms with van der Waals surface area (Å²) < 4.78 is 35.9. The molecule has 3 aromatic rings. The Morgan fingerprint density at radius 2 is 2.00 bits per heavy atom. The molecule has 0 unspecified atom stereocenters. The SMILES string of the molecule is COc1c2c(cc3c1[C@H](CC(=O)c1ccc(-c4ccc(F)cc4)o1)N(C)CC3)OCO2. The molecule has 7 heteroatoms. The number of ether oxygens (including phenoxy) is 3. The molecule has 0 N–H and O–H groups in total. The van der Waals surface area contributed by atoms with E-state index in [0.717, 1.165) is 29.7 Å². The molecule has 31 heavy (non-hydrogen) atoms. The van der Waals surface area contributed by atoms with Crippen molar-refractivity contribution in [3.63, 3.8) is 0 Å². The number of methoxy groups -OCH3 is 1. The Labute approximate surface area is 179 Å². The Kier molecular flexibility index (Phi) is 4.90. The van der Waals surface area contributed by atoms with Crippen LogP contribution in [0.2, 0.25) is 0 Å². The van der Waals surface area contributed by atoms with Crippen LogP contribution in [0.1, 0.15) is 34.1 Å². The first-order valence-electron chi connectivity index (χ1n) is 10.1. The molecule has 0 fully saturated rings. The maximum Gasteiger partial charge on any atom is 0.231 e. The summed E-state index contributed by atoms with van der Waals surface area (Å²) in [4.78, 5) is 15.3. The number of fused-ring (bicyclic) bond motifs is 2. The van der Waals surface area contributed by atoms with Gasteiger partial charge in [-0.05, 0) is 61.5 Å². The zero-order chi connectivity index (χ0) is 21.5. The van der Waals surface area contributed by atoms with Crippen molar-refractivity contribution >= 4 is 5.78 Å². The highest BCUT2D eigenvalue weighted by Gasteiger charge is 2.35. The summed E-state index contributed by atoms with van der Waals surface area (Å²) in [6, 6.07) is 11.2. The van der Waals surface area contributed by atoms with Crippen LogP contribution >= 0.6 is 0 Å². The number of carbonyl (C=O) groups excluding carboxylic acids is 1. The number of halogens is 1. The first-order chi connectivity index (χ1) is 15.0. The Morgan fingerprint density at radius 3 is 2.77 bits per heavy atom. The number of Topliss-reactive ketones (excluding diaryl/α,β-unsaturated/α-hetero) is 1. The zero-order valence-electron chi connectivity index (χ0n) is 17.3. The van der Waals surface area contributed by atoms with Crippen LogP contribution in [-0.2, 0) is 6.42 Å². The molecule has 2 aliphatic heterocycles. The monoisotopic (exact) mass is 423 g/mol. The average Bonchev–Trinajstić information content (AvgIpc) is 3.44. The lowest BCUT2D eigenvalue weighted by molar-refractivity contribution is 0.0899. The second-order valence-corrected chi connectivity index (χ2v) is 7.76. The normalized spacial score (nSPS) is 17.5. The number of hydrogen-bond acceptors (Lipinski definition) is 6. The third-order valence-corrected chi connectivity index (χ3v) is 5.94. The third-order valence-electron chi connectivity index (χ3n) is 5.94. The number of likely N-dealkylation sites (N-methyl/N-ethyl adjacent to an activating group) is 1. The van der Waals surface area contributed by atoms with Gasteiger partial charge in [-0.2, -0.15) is 0 Å². The van der Waals surface area contributed by atoms with Gasteiger partial charge in [0.2, 0.25) is 12.5 Å². The molecular formula is C24H22FNO5. The van der Waals surface area contributed by atoms with Crippen molar-refractivity contribution in [1.82, 2.24) is 4.90 Å². The van der Waals surface area contributed by atoms with E-state index < -0.39 is 0 Å². The Morgan fingerprint density at radius 1 is 1.19 bits per heavy atom. The van der Waals surface area contributed by atoms with Crippen LogP contribution in [0.4, 0.5) is 4.39 Å². The van der Waals surface area contributed by atoms with Crippen LogP contribution < -0.4 is 14.2 Å². The molecule has 1 atom stereocenters. The van der Waals surface area contributed by atoms with Gasteiger partial charge in [-0.15, -0.1) is 0 Å². The predicted octanol–water partition coefficient (Wildman–Crippen LogP) is 4.63. The van der Waals surface area contributed by atoms with Gasteiger partial charge in [0.15, 0.2) is 23.0 Å². The summed E-state index contributed by atoms with van der Waals surface area (Å²) >= 11 is 0. The zero-order valence-corrected chi connectivity index (χ0v) is 17.3. The van der Waals surface area contributed by atoms with Gasteiger partial charge in [0.05, 0.1) is 7.11 Å². The number of furan rings is 1. The number of rotatable bonds is 5. The Bertz CT molecular complexity index is 1140. The first-order valence-corrected chi connectivity index (χ1v) is 10.1. The quantitative estimate of drug-likeness (QED) is 0.558. The van der Waals surface area contributed by atoms with Gasteiger partial charge in [0, 0.05) is 30.1 Å². The van der Waals surface area contributed by atoms with E-state index in [2.05, 4.69) is 4.90 Å². The lowest BCUT2D eigenvalue weighted by Gasteiger charge is -2.35. The number of ketones is 1. The summed E-state index contributed by atoms with van der Waals surface area (Å²) in [5, 5.41) is 0. The fourth-order valence-corrected chi connectivity index (χ4v) is 4.32. The summed E-state index contributed by atoms with van der Waals surface area (Å²) in [7, 11) is 3.60. The summed E-state index contributed by atoms with van der Waals surface area (Å²) in [5.74, 6) is 2.27. The average molecular weight is 423 g/mol. The highest BCUT2D eigenvalue weighted by atomic mass is 19.1. The van der Waals surface area contributed by atoms with Crippen molar-refractivity contribution in [2.45, 2.75) is 18.9 Å². The summed E-state index contributed by atoms with van der Waals surface area (Å²) in [6.07, 6.45) is 1.06. The van der Waals surface area contributed by atoms with Gasteiger partial charge >= 0.3 is 0 Å². The molecule has 0 radical (unpaired) electrons. The number of nitrogens with zero attached hydrogens (tertiary/aromatic N) is 1. The van der Waals surface area contributed by atoms with Crippen LogP contribution in [-0.4, -0.2) is 38.2 Å². The highest BCUT2D eigenvalue weighted by molar-refractivity contribution is 5.94. The topological polar surface area (TPSA) is 61.1 Å². The minimum atomic E-state index is -0.319. The number of benzene rings is 2. The fourth-order valence-electron chi connectivity index (χ4n) is 4.32. The van der Waals surface area contributed by atoms with Crippen LogP contribution in [0.15, 0.2) is 46.9 Å². The van der Waals surface area contributed by atoms with Crippen molar-refractivity contribution in [3.05, 3.63) is 65.2 Å². The van der Waals surface area contributed by atoms with E-state index >= 15 is 0 Å². The van der Waals surface area contributed by atoms with Gasteiger partial charge in [-0.1, -0.05) is 0 Å². The second-order valence-electron chi connectivity index (χ2n) is 7.76. The van der Waals surface area contributed by atoms with Gasteiger partial charge in [0.1, 0.15) is 11.6 Å². The van der Waals surface area contributed by atoms with Crippen molar-refractivity contribution < 1.29 is 27.8 Å². The molecule has 6 nitrogen and oxygen atoms in total. The van der Waals surface area contributed by atoms with Crippen molar-refractivity contribution in [3.8, 4) is 28.6 Å². The Balaban J connectivity index is 1.44.